The number of aromatic nitrogens is 2. The molecule has 0 aliphatic heterocycles. The van der Waals surface area contributed by atoms with E-state index < -0.39 is 17.4 Å². The molecule has 1 fully saturated rings. The molecule has 1 aromatic rings. The number of carboxylic acid groups (broad SMARTS) is 1. The number of nitrogens with zero attached hydrogens (tertiary/aromatic N) is 2. The molecule has 0 amide bonds. The highest BCUT2D eigenvalue weighted by atomic mass is 16.5. The number of carboxylic acids is 1. The third kappa shape index (κ3) is 1.37. The van der Waals surface area contributed by atoms with Crippen molar-refractivity contribution in [1.82, 2.24) is 9.78 Å². The van der Waals surface area contributed by atoms with Gasteiger partial charge < -0.3 is 9.84 Å². The Morgan fingerprint density at radius 2 is 2.19 bits per heavy atom. The molecule has 0 saturated heterocycles. The summed E-state index contributed by atoms with van der Waals surface area (Å²) in [6, 6.07) is 1.49. The van der Waals surface area contributed by atoms with Gasteiger partial charge in [-0.25, -0.2) is 4.79 Å². The summed E-state index contributed by atoms with van der Waals surface area (Å²) in [6.45, 7) is 0. The van der Waals surface area contributed by atoms with Gasteiger partial charge >= 0.3 is 11.9 Å². The SMILES string of the molecule is COC(=O)c1cc(C2(C(=O)O)CC2)n(C)n1. The van der Waals surface area contributed by atoms with E-state index in [4.69, 9.17) is 5.11 Å². The number of carbonyl (C=O) groups excluding carboxylic acids is 1. The molecule has 0 spiro atoms. The van der Waals surface area contributed by atoms with Gasteiger partial charge in [-0.3, -0.25) is 9.48 Å². The van der Waals surface area contributed by atoms with Crippen molar-refractivity contribution in [3.8, 4) is 0 Å². The van der Waals surface area contributed by atoms with Crippen molar-refractivity contribution in [3.63, 3.8) is 0 Å². The van der Waals surface area contributed by atoms with E-state index in [0.29, 0.717) is 18.5 Å². The molecule has 1 aromatic heterocycles. The van der Waals surface area contributed by atoms with Crippen molar-refractivity contribution < 1.29 is 19.4 Å². The molecule has 86 valence electrons. The lowest BCUT2D eigenvalue weighted by Gasteiger charge is -2.08. The Bertz CT molecular complexity index is 459. The molecule has 1 saturated carbocycles. The van der Waals surface area contributed by atoms with Gasteiger partial charge in [0.2, 0.25) is 0 Å². The maximum atomic E-state index is 11.3. The van der Waals surface area contributed by atoms with Crippen LogP contribution in [0.4, 0.5) is 0 Å². The number of aliphatic carboxylic acids is 1. The Morgan fingerprint density at radius 1 is 1.56 bits per heavy atom. The van der Waals surface area contributed by atoms with Gasteiger partial charge in [0, 0.05) is 7.05 Å². The van der Waals surface area contributed by atoms with E-state index in [0.717, 1.165) is 0 Å². The molecule has 2 rings (SSSR count). The first kappa shape index (κ1) is 10.7. The van der Waals surface area contributed by atoms with Crippen LogP contribution < -0.4 is 0 Å². The number of ether oxygens (including phenoxy) is 1. The normalized spacial score (nSPS) is 16.9. The Kier molecular flexibility index (Phi) is 2.22. The molecule has 0 bridgehead atoms. The highest BCUT2D eigenvalue weighted by Gasteiger charge is 2.54. The summed E-state index contributed by atoms with van der Waals surface area (Å²) in [6.07, 6.45) is 1.17. The van der Waals surface area contributed by atoms with E-state index in [2.05, 4.69) is 9.84 Å². The lowest BCUT2D eigenvalue weighted by Crippen LogP contribution is -2.22. The monoisotopic (exact) mass is 224 g/mol. The topological polar surface area (TPSA) is 81.4 Å². The minimum atomic E-state index is -0.869. The van der Waals surface area contributed by atoms with Crippen LogP contribution >= 0.6 is 0 Å². The van der Waals surface area contributed by atoms with Crippen LogP contribution in [0.1, 0.15) is 29.0 Å². The number of aryl methyl sites for hydroxylation is 1. The molecule has 1 aliphatic carbocycles. The fourth-order valence-corrected chi connectivity index (χ4v) is 1.82. The fraction of sp³-hybridized carbons (Fsp3) is 0.500. The third-order valence-electron chi connectivity index (χ3n) is 2.92. The van der Waals surface area contributed by atoms with Gasteiger partial charge in [-0.2, -0.15) is 5.10 Å². The van der Waals surface area contributed by atoms with Crippen molar-refractivity contribution in [2.45, 2.75) is 18.3 Å². The van der Waals surface area contributed by atoms with Gasteiger partial charge in [0.15, 0.2) is 5.69 Å². The highest BCUT2D eigenvalue weighted by molar-refractivity contribution is 5.89. The molecule has 16 heavy (non-hydrogen) atoms. The molecular formula is C10H12N2O4. The average molecular weight is 224 g/mol. The van der Waals surface area contributed by atoms with Crippen LogP contribution in [0.5, 0.6) is 0 Å². The number of methoxy groups -OCH3 is 1. The molecule has 0 atom stereocenters. The standard InChI is InChI=1S/C10H12N2O4/c1-12-7(10(3-4-10)9(14)15)5-6(11-12)8(13)16-2/h5H,3-4H2,1-2H3,(H,14,15). The molecule has 1 N–H and O–H groups in total. The Labute approximate surface area is 91.8 Å². The number of hydrogen-bond acceptors (Lipinski definition) is 4. The van der Waals surface area contributed by atoms with Gasteiger partial charge in [-0.05, 0) is 18.9 Å². The first-order chi connectivity index (χ1) is 7.51. The summed E-state index contributed by atoms with van der Waals surface area (Å²) < 4.78 is 5.97. The summed E-state index contributed by atoms with van der Waals surface area (Å²) in [5.74, 6) is -1.42. The van der Waals surface area contributed by atoms with Gasteiger partial charge in [-0.1, -0.05) is 0 Å². The van der Waals surface area contributed by atoms with E-state index >= 15 is 0 Å². The number of rotatable bonds is 3. The van der Waals surface area contributed by atoms with Crippen LogP contribution in [0, 0.1) is 0 Å². The lowest BCUT2D eigenvalue weighted by atomic mass is 10.0. The minimum absolute atomic E-state index is 0.146. The van der Waals surface area contributed by atoms with Crippen LogP contribution in [-0.2, 0) is 22.0 Å². The first-order valence-corrected chi connectivity index (χ1v) is 4.87. The maximum Gasteiger partial charge on any atom is 0.358 e. The Morgan fingerprint density at radius 3 is 2.62 bits per heavy atom. The molecule has 6 nitrogen and oxygen atoms in total. The fourth-order valence-electron chi connectivity index (χ4n) is 1.82. The zero-order valence-electron chi connectivity index (χ0n) is 9.06. The third-order valence-corrected chi connectivity index (χ3v) is 2.92. The van der Waals surface area contributed by atoms with Crippen molar-refractivity contribution >= 4 is 11.9 Å². The van der Waals surface area contributed by atoms with Crippen LogP contribution in [0.2, 0.25) is 0 Å². The van der Waals surface area contributed by atoms with Crippen LogP contribution in [0.3, 0.4) is 0 Å². The summed E-state index contributed by atoms with van der Waals surface area (Å²) in [4.78, 5) is 22.4. The molecule has 1 aliphatic rings. The Balaban J connectivity index is 2.40. The molecule has 0 unspecified atom stereocenters. The highest BCUT2D eigenvalue weighted by Crippen LogP contribution is 2.48. The zero-order valence-corrected chi connectivity index (χ0v) is 9.06. The second-order valence-electron chi connectivity index (χ2n) is 3.92. The van der Waals surface area contributed by atoms with Gasteiger partial charge in [-0.15, -0.1) is 0 Å². The number of esters is 1. The summed E-state index contributed by atoms with van der Waals surface area (Å²) in [5.41, 5.74) is -0.151. The molecule has 0 radical (unpaired) electrons. The summed E-state index contributed by atoms with van der Waals surface area (Å²) in [7, 11) is 2.89. The van der Waals surface area contributed by atoms with Crippen LogP contribution in [-0.4, -0.2) is 33.9 Å². The predicted molar refractivity (Wildman–Crippen MR) is 53.1 cm³/mol. The number of carbonyl (C=O) groups is 2. The van der Waals surface area contributed by atoms with Crippen LogP contribution in [0.25, 0.3) is 0 Å². The van der Waals surface area contributed by atoms with E-state index in [1.807, 2.05) is 0 Å². The van der Waals surface area contributed by atoms with Gasteiger partial charge in [0.25, 0.3) is 0 Å². The lowest BCUT2D eigenvalue weighted by molar-refractivity contribution is -0.140. The minimum Gasteiger partial charge on any atom is -0.481 e. The molecular weight excluding hydrogens is 212 g/mol. The predicted octanol–water partition coefficient (Wildman–Crippen LogP) is 0.323. The van der Waals surface area contributed by atoms with Gasteiger partial charge in [0.05, 0.1) is 12.8 Å². The second-order valence-corrected chi connectivity index (χ2v) is 3.92. The smallest absolute Gasteiger partial charge is 0.358 e. The van der Waals surface area contributed by atoms with E-state index in [-0.39, 0.29) is 5.69 Å². The first-order valence-electron chi connectivity index (χ1n) is 4.87. The van der Waals surface area contributed by atoms with Crippen molar-refractivity contribution in [2.24, 2.45) is 7.05 Å². The van der Waals surface area contributed by atoms with Gasteiger partial charge in [0.1, 0.15) is 5.41 Å². The van der Waals surface area contributed by atoms with Crippen LogP contribution in [0.15, 0.2) is 6.07 Å². The maximum absolute atomic E-state index is 11.3. The summed E-state index contributed by atoms with van der Waals surface area (Å²) in [5, 5.41) is 13.1. The Hall–Kier alpha value is -1.85. The average Bonchev–Trinajstić information content (AvgIpc) is 2.96. The second kappa shape index (κ2) is 3.33. The molecule has 0 aromatic carbocycles. The van der Waals surface area contributed by atoms with E-state index in [1.54, 1.807) is 7.05 Å². The number of hydrogen-bond donors (Lipinski definition) is 1. The van der Waals surface area contributed by atoms with E-state index in [9.17, 15) is 9.59 Å². The molecule has 1 heterocycles. The largest absolute Gasteiger partial charge is 0.481 e. The molecule has 6 heteroatoms. The van der Waals surface area contributed by atoms with E-state index in [1.165, 1.54) is 17.9 Å². The van der Waals surface area contributed by atoms with Crippen molar-refractivity contribution in [2.75, 3.05) is 7.11 Å². The summed E-state index contributed by atoms with van der Waals surface area (Å²) >= 11 is 0. The quantitative estimate of drug-likeness (QED) is 0.748. The van der Waals surface area contributed by atoms with Crippen molar-refractivity contribution in [1.29, 1.82) is 0 Å². The zero-order chi connectivity index (χ0) is 11.9. The van der Waals surface area contributed by atoms with Crippen molar-refractivity contribution in [3.05, 3.63) is 17.5 Å².